The summed E-state index contributed by atoms with van der Waals surface area (Å²) in [7, 11) is 0. The first-order chi connectivity index (χ1) is 12.3. The number of quaternary nitrogens is 1. The molecular formula is C19H33NO6. The number of hydrogen-bond donors (Lipinski definition) is 2. The van der Waals surface area contributed by atoms with Gasteiger partial charge in [0.05, 0.1) is 12.5 Å². The van der Waals surface area contributed by atoms with Gasteiger partial charge in [-0.1, -0.05) is 44.8 Å². The van der Waals surface area contributed by atoms with Crippen LogP contribution in [0.5, 0.6) is 0 Å². The third kappa shape index (κ3) is 13.4. The molecule has 0 aliphatic rings. The lowest BCUT2D eigenvalue weighted by atomic mass is 10.1. The third-order valence-corrected chi connectivity index (χ3v) is 4.30. The van der Waals surface area contributed by atoms with Crippen molar-refractivity contribution in [2.75, 3.05) is 26.2 Å². The minimum absolute atomic E-state index is 0.212. The van der Waals surface area contributed by atoms with Gasteiger partial charge in [0.2, 0.25) is 0 Å². The zero-order valence-electron chi connectivity index (χ0n) is 15.8. The molecule has 2 N–H and O–H groups in total. The Hall–Kier alpha value is -1.89. The van der Waals surface area contributed by atoms with Gasteiger partial charge >= 0.3 is 11.9 Å². The first-order valence-electron chi connectivity index (χ1n) is 9.45. The van der Waals surface area contributed by atoms with Gasteiger partial charge in [-0.15, -0.1) is 0 Å². The van der Waals surface area contributed by atoms with E-state index in [1.54, 1.807) is 0 Å². The van der Waals surface area contributed by atoms with Crippen molar-refractivity contribution in [3.63, 3.8) is 0 Å². The van der Waals surface area contributed by atoms with E-state index in [0.717, 1.165) is 38.5 Å². The Morgan fingerprint density at radius 1 is 0.808 bits per heavy atom. The van der Waals surface area contributed by atoms with Crippen LogP contribution in [0.15, 0.2) is 12.2 Å². The van der Waals surface area contributed by atoms with Crippen LogP contribution in [0.3, 0.4) is 0 Å². The zero-order valence-corrected chi connectivity index (χ0v) is 15.8. The van der Waals surface area contributed by atoms with Gasteiger partial charge in [0.15, 0.2) is 13.1 Å². The third-order valence-electron chi connectivity index (χ3n) is 4.30. The lowest BCUT2D eigenvalue weighted by Crippen LogP contribution is -2.59. The Morgan fingerprint density at radius 3 is 1.81 bits per heavy atom. The second-order valence-electron chi connectivity index (χ2n) is 6.87. The molecule has 0 atom stereocenters. The fourth-order valence-corrected chi connectivity index (χ4v) is 3.05. The Kier molecular flexibility index (Phi) is 13.3. The molecular weight excluding hydrogens is 338 g/mol. The molecule has 0 aliphatic heterocycles. The van der Waals surface area contributed by atoms with Crippen molar-refractivity contribution < 1.29 is 34.2 Å². The number of carbonyl (C=O) groups is 3. The molecule has 0 unspecified atom stereocenters. The summed E-state index contributed by atoms with van der Waals surface area (Å²) in [4.78, 5) is 33.1. The highest BCUT2D eigenvalue weighted by molar-refractivity contribution is 5.72. The van der Waals surface area contributed by atoms with E-state index in [4.69, 9.17) is 10.2 Å². The summed E-state index contributed by atoms with van der Waals surface area (Å²) in [6.45, 7) is 0.734. The van der Waals surface area contributed by atoms with Crippen LogP contribution in [0.1, 0.15) is 64.7 Å². The maximum absolute atomic E-state index is 11.1. The van der Waals surface area contributed by atoms with Crippen LogP contribution in [-0.4, -0.2) is 58.8 Å². The highest BCUT2D eigenvalue weighted by Crippen LogP contribution is 2.13. The quantitative estimate of drug-likeness (QED) is 0.229. The SMILES string of the molecule is CCCC/C=C/CCCCCCC[N+](CC(=O)[O-])(CC(=O)O)CC(=O)O. The standard InChI is InChI=1S/C19H33NO6/c1-2-3-4-5-6-7-8-9-10-11-12-13-20(14-17(21)22,15-18(23)24)16-19(25)26/h5-6H,2-4,7-16H2,1H3,(H2-,21,22,23,24,25,26)/b6-5+. The maximum atomic E-state index is 11.1. The second-order valence-corrected chi connectivity index (χ2v) is 6.87. The molecule has 0 bridgehead atoms. The molecule has 26 heavy (non-hydrogen) atoms. The summed E-state index contributed by atoms with van der Waals surface area (Å²) in [5.41, 5.74) is 0. The molecule has 0 saturated carbocycles. The molecule has 150 valence electrons. The summed E-state index contributed by atoms with van der Waals surface area (Å²) < 4.78 is -0.507. The average molecular weight is 371 g/mol. The predicted molar refractivity (Wildman–Crippen MR) is 96.4 cm³/mol. The fourth-order valence-electron chi connectivity index (χ4n) is 3.05. The van der Waals surface area contributed by atoms with Crippen molar-refractivity contribution >= 4 is 17.9 Å². The number of nitrogens with zero attached hydrogens (tertiary/aromatic N) is 1. The predicted octanol–water partition coefficient (Wildman–Crippen LogP) is 1.81. The van der Waals surface area contributed by atoms with Gasteiger partial charge in [-0.2, -0.15) is 0 Å². The average Bonchev–Trinajstić information content (AvgIpc) is 2.50. The van der Waals surface area contributed by atoms with Crippen molar-refractivity contribution in [3.05, 3.63) is 12.2 Å². The van der Waals surface area contributed by atoms with Crippen molar-refractivity contribution in [1.29, 1.82) is 0 Å². The van der Waals surface area contributed by atoms with Gasteiger partial charge in [-0.3, -0.25) is 0 Å². The summed E-state index contributed by atoms with van der Waals surface area (Å²) in [6.07, 6.45) is 13.5. The van der Waals surface area contributed by atoms with Crippen LogP contribution in [0.4, 0.5) is 0 Å². The normalized spacial score (nSPS) is 11.7. The summed E-state index contributed by atoms with van der Waals surface area (Å²) in [6, 6.07) is 0. The number of hydrogen-bond acceptors (Lipinski definition) is 4. The molecule has 0 fully saturated rings. The van der Waals surface area contributed by atoms with Crippen molar-refractivity contribution in [1.82, 2.24) is 0 Å². The first-order valence-corrected chi connectivity index (χ1v) is 9.45. The molecule has 7 nitrogen and oxygen atoms in total. The topological polar surface area (TPSA) is 115 Å². The maximum Gasteiger partial charge on any atom is 0.359 e. The zero-order chi connectivity index (χ0) is 19.8. The molecule has 0 spiro atoms. The first kappa shape index (κ1) is 24.1. The smallest absolute Gasteiger partial charge is 0.359 e. The molecule has 7 heteroatoms. The highest BCUT2D eigenvalue weighted by atomic mass is 16.4. The van der Waals surface area contributed by atoms with Crippen LogP contribution in [0, 0.1) is 0 Å². The lowest BCUT2D eigenvalue weighted by Gasteiger charge is -2.36. The van der Waals surface area contributed by atoms with E-state index in [-0.39, 0.29) is 6.54 Å². The number of rotatable bonds is 17. The monoisotopic (exact) mass is 371 g/mol. The highest BCUT2D eigenvalue weighted by Gasteiger charge is 2.33. The van der Waals surface area contributed by atoms with Crippen LogP contribution < -0.4 is 5.11 Å². The van der Waals surface area contributed by atoms with Gasteiger partial charge < -0.3 is 24.6 Å². The number of carboxylic acid groups (broad SMARTS) is 3. The van der Waals surface area contributed by atoms with E-state index in [9.17, 15) is 19.5 Å². The Labute approximate surface area is 155 Å². The van der Waals surface area contributed by atoms with Crippen LogP contribution in [-0.2, 0) is 14.4 Å². The van der Waals surface area contributed by atoms with Gasteiger partial charge in [0.1, 0.15) is 6.54 Å². The minimum atomic E-state index is -1.43. The number of aliphatic carboxylic acids is 3. The van der Waals surface area contributed by atoms with Gasteiger partial charge in [-0.25, -0.2) is 9.59 Å². The van der Waals surface area contributed by atoms with Crippen molar-refractivity contribution in [2.45, 2.75) is 64.7 Å². The lowest BCUT2D eigenvalue weighted by molar-refractivity contribution is -0.909. The van der Waals surface area contributed by atoms with Crippen molar-refractivity contribution in [3.8, 4) is 0 Å². The number of allylic oxidation sites excluding steroid dienone is 2. The largest absolute Gasteiger partial charge is 0.544 e. The number of carboxylic acids is 3. The van der Waals surface area contributed by atoms with Crippen LogP contribution in [0.25, 0.3) is 0 Å². The number of carbonyl (C=O) groups excluding carboxylic acids is 1. The van der Waals surface area contributed by atoms with E-state index in [1.807, 2.05) is 0 Å². The van der Waals surface area contributed by atoms with Gasteiger partial charge in [0.25, 0.3) is 0 Å². The molecule has 0 aromatic heterocycles. The Morgan fingerprint density at radius 2 is 1.31 bits per heavy atom. The molecule has 0 aliphatic carbocycles. The fraction of sp³-hybridized carbons (Fsp3) is 0.737. The Bertz CT molecular complexity index is 420. The van der Waals surface area contributed by atoms with Crippen LogP contribution in [0.2, 0.25) is 0 Å². The van der Waals surface area contributed by atoms with E-state index < -0.39 is 42.0 Å². The molecule has 0 aromatic rings. The molecule has 0 heterocycles. The van der Waals surface area contributed by atoms with Gasteiger partial charge in [0, 0.05) is 0 Å². The molecule has 0 saturated heterocycles. The van der Waals surface area contributed by atoms with Gasteiger partial charge in [-0.05, 0) is 32.1 Å². The van der Waals surface area contributed by atoms with E-state index in [0.29, 0.717) is 6.42 Å². The van der Waals surface area contributed by atoms with Crippen molar-refractivity contribution in [2.24, 2.45) is 0 Å². The molecule has 0 aromatic carbocycles. The summed E-state index contributed by atoms with van der Waals surface area (Å²) in [5.74, 6) is -3.84. The summed E-state index contributed by atoms with van der Waals surface area (Å²) >= 11 is 0. The second kappa shape index (κ2) is 14.3. The Balaban J connectivity index is 4.23. The number of unbranched alkanes of at least 4 members (excludes halogenated alkanes) is 7. The van der Waals surface area contributed by atoms with Crippen LogP contribution >= 0.6 is 0 Å². The summed E-state index contributed by atoms with van der Waals surface area (Å²) in [5, 5.41) is 29.0. The van der Waals surface area contributed by atoms with E-state index >= 15 is 0 Å². The van der Waals surface area contributed by atoms with E-state index in [2.05, 4.69) is 19.1 Å². The van der Waals surface area contributed by atoms with E-state index in [1.165, 1.54) is 12.8 Å². The molecule has 0 amide bonds. The molecule has 0 radical (unpaired) electrons. The molecule has 0 rings (SSSR count). The minimum Gasteiger partial charge on any atom is -0.544 e.